The third-order valence-corrected chi connectivity index (χ3v) is 8.26. The fourth-order valence-electron chi connectivity index (χ4n) is 4.40. The van der Waals surface area contributed by atoms with Gasteiger partial charge < -0.3 is 24.8 Å². The van der Waals surface area contributed by atoms with Crippen molar-refractivity contribution in [2.24, 2.45) is 11.3 Å². The second-order valence-corrected chi connectivity index (χ2v) is 13.0. The Morgan fingerprint density at radius 3 is 1.68 bits per heavy atom. The molecule has 0 aromatic heterocycles. The SMILES string of the molecule is C=Cc1ccc2[cH-]c3ccc(C=C)cc3c2c1.CCC1[C-]=CC(C(C)(C)C)=C1.CCCC[C](=[Zr+2])CCCC.[Cl-].[Cl-]. The van der Waals surface area contributed by atoms with Gasteiger partial charge in [-0.15, -0.1) is 39.7 Å². The van der Waals surface area contributed by atoms with Crippen LogP contribution < -0.4 is 24.8 Å². The number of fused-ring (bicyclic) bond motifs is 3. The first-order valence-corrected chi connectivity index (χ1v) is 15.7. The van der Waals surface area contributed by atoms with E-state index in [1.54, 1.807) is 27.4 Å². The second kappa shape index (κ2) is 19.7. The van der Waals surface area contributed by atoms with Crippen LogP contribution in [-0.2, 0) is 24.2 Å². The van der Waals surface area contributed by atoms with E-state index in [0.29, 0.717) is 11.3 Å². The Morgan fingerprint density at radius 2 is 1.35 bits per heavy atom. The minimum atomic E-state index is 0. The molecule has 0 radical (unpaired) electrons. The van der Waals surface area contributed by atoms with Gasteiger partial charge in [-0.3, -0.25) is 6.08 Å². The number of rotatable bonds is 9. The van der Waals surface area contributed by atoms with E-state index in [0.717, 1.165) is 11.1 Å². The summed E-state index contributed by atoms with van der Waals surface area (Å²) in [6, 6.07) is 15.1. The van der Waals surface area contributed by atoms with E-state index in [1.165, 1.54) is 72.1 Å². The molecular formula is C37H48Cl2Zr-2. The number of allylic oxidation sites excluding steroid dienone is 4. The summed E-state index contributed by atoms with van der Waals surface area (Å²) in [5.41, 5.74) is 4.06. The summed E-state index contributed by atoms with van der Waals surface area (Å²) >= 11 is 1.67. The van der Waals surface area contributed by atoms with Gasteiger partial charge in [-0.05, 0) is 11.1 Å². The summed E-state index contributed by atoms with van der Waals surface area (Å²) in [7, 11) is 0. The topological polar surface area (TPSA) is 0 Å². The van der Waals surface area contributed by atoms with E-state index >= 15 is 0 Å². The van der Waals surface area contributed by atoms with Crippen LogP contribution in [0.1, 0.15) is 97.6 Å². The zero-order valence-corrected chi connectivity index (χ0v) is 29.5. The van der Waals surface area contributed by atoms with Crippen LogP contribution in [0.15, 0.2) is 73.3 Å². The third-order valence-electron chi connectivity index (χ3n) is 7.03. The van der Waals surface area contributed by atoms with Crippen molar-refractivity contribution >= 4 is 36.9 Å². The fourth-order valence-corrected chi connectivity index (χ4v) is 5.27. The van der Waals surface area contributed by atoms with Gasteiger partial charge >= 0.3 is 79.8 Å². The van der Waals surface area contributed by atoms with Crippen molar-refractivity contribution < 1.29 is 49.0 Å². The summed E-state index contributed by atoms with van der Waals surface area (Å²) in [5.74, 6) is 0.573. The maximum atomic E-state index is 3.82. The summed E-state index contributed by atoms with van der Waals surface area (Å²) in [6.07, 6.45) is 21.1. The van der Waals surface area contributed by atoms with Crippen molar-refractivity contribution in [1.29, 1.82) is 0 Å². The average molecular weight is 655 g/mol. The monoisotopic (exact) mass is 652 g/mol. The van der Waals surface area contributed by atoms with Crippen LogP contribution in [0.2, 0.25) is 0 Å². The van der Waals surface area contributed by atoms with Gasteiger partial charge in [0.2, 0.25) is 0 Å². The van der Waals surface area contributed by atoms with Gasteiger partial charge in [0.15, 0.2) is 0 Å². The van der Waals surface area contributed by atoms with Crippen LogP contribution in [0, 0.1) is 17.4 Å². The predicted octanol–water partition coefficient (Wildman–Crippen LogP) is 5.45. The third kappa shape index (κ3) is 12.2. The van der Waals surface area contributed by atoms with Crippen molar-refractivity contribution in [3.8, 4) is 0 Å². The molecule has 0 bridgehead atoms. The van der Waals surface area contributed by atoms with E-state index < -0.39 is 0 Å². The minimum absolute atomic E-state index is 0. The molecule has 0 fully saturated rings. The van der Waals surface area contributed by atoms with Gasteiger partial charge in [-0.1, -0.05) is 95.0 Å². The van der Waals surface area contributed by atoms with Gasteiger partial charge in [-0.25, -0.2) is 6.08 Å². The molecule has 216 valence electrons. The molecule has 0 spiro atoms. The molecule has 40 heavy (non-hydrogen) atoms. The molecule has 0 saturated carbocycles. The molecule has 3 heteroatoms. The smallest absolute Gasteiger partial charge is 1.00 e. The van der Waals surface area contributed by atoms with Crippen LogP contribution in [-0.4, -0.2) is 3.21 Å². The van der Waals surface area contributed by atoms with Gasteiger partial charge in [-0.2, -0.15) is 11.6 Å². The summed E-state index contributed by atoms with van der Waals surface area (Å²) in [4.78, 5) is 0. The Labute approximate surface area is 272 Å². The molecule has 0 amide bonds. The first-order valence-electron chi connectivity index (χ1n) is 14.4. The van der Waals surface area contributed by atoms with E-state index in [2.05, 4.69) is 115 Å². The van der Waals surface area contributed by atoms with Gasteiger partial charge in [0.25, 0.3) is 0 Å². The number of hydrogen-bond acceptors (Lipinski definition) is 0. The molecular weight excluding hydrogens is 607 g/mol. The average Bonchev–Trinajstić information content (AvgIpc) is 3.55. The molecule has 3 aromatic carbocycles. The van der Waals surface area contributed by atoms with Crippen molar-refractivity contribution in [1.82, 2.24) is 0 Å². The van der Waals surface area contributed by atoms with Crippen LogP contribution >= 0.6 is 0 Å². The standard InChI is InChI=1S/C17H13.C11H17.C9H18.2ClH.Zr/c1-3-12-5-7-14-11-15-8-6-13(4-2)10-17(15)16(14)9-12;1-5-9-6-7-10(8-9)11(2,3)4;1-3-5-7-9-8-6-4-2;;;/h3-11H,1-2H2;7-9H,5H2,1-4H3;3-8H2,1-2H3;2*1H;/q2*-1;;;;+2/p-2. The normalized spacial score (nSPS) is 13.7. The zero-order valence-electron chi connectivity index (χ0n) is 25.5. The fraction of sp³-hybridized carbons (Fsp3) is 0.405. The summed E-state index contributed by atoms with van der Waals surface area (Å²) in [5, 5.41) is 5.15. The Balaban J connectivity index is 0.000000587. The number of benzene rings is 2. The molecule has 1 atom stereocenters. The van der Waals surface area contributed by atoms with Crippen molar-refractivity contribution in [2.45, 2.75) is 86.5 Å². The molecule has 0 N–H and O–H groups in total. The molecule has 1 unspecified atom stereocenters. The molecule has 4 rings (SSSR count). The Bertz CT molecular complexity index is 1190. The molecule has 1 aliphatic carbocycles. The van der Waals surface area contributed by atoms with Crippen LogP contribution in [0.4, 0.5) is 0 Å². The van der Waals surface area contributed by atoms with Gasteiger partial charge in [0.05, 0.1) is 0 Å². The van der Waals surface area contributed by atoms with E-state index in [9.17, 15) is 0 Å². The largest absolute Gasteiger partial charge is 1.00 e. The molecule has 3 aromatic rings. The van der Waals surface area contributed by atoms with Gasteiger partial charge in [0, 0.05) is 0 Å². The van der Waals surface area contributed by atoms with Gasteiger partial charge in [0.1, 0.15) is 0 Å². The van der Waals surface area contributed by atoms with E-state index in [-0.39, 0.29) is 24.8 Å². The van der Waals surface area contributed by atoms with Crippen molar-refractivity contribution in [3.05, 3.63) is 90.6 Å². The number of halogens is 2. The molecule has 0 nitrogen and oxygen atoms in total. The molecule has 0 saturated heterocycles. The molecule has 1 aliphatic rings. The van der Waals surface area contributed by atoms with Crippen LogP contribution in [0.25, 0.3) is 33.7 Å². The predicted molar refractivity (Wildman–Crippen MR) is 170 cm³/mol. The Hall–Kier alpha value is -1.40. The molecule has 0 aliphatic heterocycles. The first-order chi connectivity index (χ1) is 18.2. The van der Waals surface area contributed by atoms with E-state index in [4.69, 9.17) is 0 Å². The second-order valence-electron chi connectivity index (χ2n) is 11.3. The zero-order chi connectivity index (χ0) is 28.1. The van der Waals surface area contributed by atoms with Crippen LogP contribution in [0.5, 0.6) is 0 Å². The first kappa shape index (κ1) is 38.6. The minimum Gasteiger partial charge on any atom is -1.00 e. The summed E-state index contributed by atoms with van der Waals surface area (Å²) in [6.45, 7) is 21.1. The summed E-state index contributed by atoms with van der Waals surface area (Å²) < 4.78 is 1.79. The van der Waals surface area contributed by atoms with Crippen molar-refractivity contribution in [3.63, 3.8) is 0 Å². The Kier molecular flexibility index (Phi) is 19.0. The maximum Gasteiger partial charge on any atom is -1.00 e. The maximum absolute atomic E-state index is 3.82. The quantitative estimate of drug-likeness (QED) is 0.270. The molecule has 0 heterocycles. The number of hydrogen-bond donors (Lipinski definition) is 0. The van der Waals surface area contributed by atoms with E-state index in [1.807, 2.05) is 12.2 Å². The van der Waals surface area contributed by atoms with Crippen molar-refractivity contribution in [2.75, 3.05) is 0 Å². The Morgan fingerprint density at radius 1 is 0.875 bits per heavy atom. The van der Waals surface area contributed by atoms with Crippen LogP contribution in [0.3, 0.4) is 0 Å². The number of unbranched alkanes of at least 4 members (excludes halogenated alkanes) is 2.